The van der Waals surface area contributed by atoms with Crippen LogP contribution in [0.5, 0.6) is 0 Å². The van der Waals surface area contributed by atoms with E-state index in [1.165, 1.54) is 0 Å². The highest BCUT2D eigenvalue weighted by molar-refractivity contribution is 5.68. The summed E-state index contributed by atoms with van der Waals surface area (Å²) in [5.74, 6) is 0. The Morgan fingerprint density at radius 2 is 1.96 bits per heavy atom. The normalized spacial score (nSPS) is 22.0. The van der Waals surface area contributed by atoms with Crippen molar-refractivity contribution in [2.45, 2.75) is 52.1 Å². The summed E-state index contributed by atoms with van der Waals surface area (Å²) in [6.07, 6.45) is -0.447. The lowest BCUT2D eigenvalue weighted by Crippen LogP contribution is -2.51. The summed E-state index contributed by atoms with van der Waals surface area (Å²) < 4.78 is 17.0. The molecule has 0 aliphatic carbocycles. The smallest absolute Gasteiger partial charge is 0.410 e. The minimum atomic E-state index is -0.488. The van der Waals surface area contributed by atoms with Crippen LogP contribution in [0.3, 0.4) is 0 Å². The second-order valence-corrected chi connectivity index (χ2v) is 6.95. The third-order valence-corrected chi connectivity index (χ3v) is 3.39. The minimum absolute atomic E-state index is 0.0263. The van der Waals surface area contributed by atoms with E-state index in [1.807, 2.05) is 58.0 Å². The van der Waals surface area contributed by atoms with Gasteiger partial charge in [0.05, 0.1) is 38.5 Å². The molecule has 1 saturated heterocycles. The van der Waals surface area contributed by atoms with Gasteiger partial charge in [-0.1, -0.05) is 30.3 Å². The number of morpholine rings is 1. The fourth-order valence-electron chi connectivity index (χ4n) is 2.50. The Balaban J connectivity index is 1.81. The van der Waals surface area contributed by atoms with Gasteiger partial charge >= 0.3 is 6.09 Å². The number of nitrogens with zero attached hydrogens (tertiary/aromatic N) is 1. The van der Waals surface area contributed by atoms with Crippen LogP contribution < -0.4 is 0 Å². The van der Waals surface area contributed by atoms with Crippen LogP contribution in [0.15, 0.2) is 30.3 Å². The van der Waals surface area contributed by atoms with Crippen LogP contribution in [0, 0.1) is 0 Å². The molecule has 0 radical (unpaired) electrons. The highest BCUT2D eigenvalue weighted by Gasteiger charge is 2.31. The Morgan fingerprint density at radius 1 is 1.26 bits per heavy atom. The van der Waals surface area contributed by atoms with Crippen LogP contribution in [0.1, 0.15) is 33.3 Å². The van der Waals surface area contributed by atoms with Gasteiger partial charge in [-0.2, -0.15) is 0 Å². The first kappa shape index (κ1) is 17.8. The van der Waals surface area contributed by atoms with Crippen molar-refractivity contribution in [3.8, 4) is 0 Å². The van der Waals surface area contributed by atoms with Crippen molar-refractivity contribution in [3.63, 3.8) is 0 Å². The zero-order valence-electron chi connectivity index (χ0n) is 14.5. The average Bonchev–Trinajstić information content (AvgIpc) is 2.46. The van der Waals surface area contributed by atoms with Crippen molar-refractivity contribution < 1.29 is 19.0 Å². The molecule has 0 aromatic heterocycles. The quantitative estimate of drug-likeness (QED) is 0.854. The molecule has 1 aliphatic rings. The van der Waals surface area contributed by atoms with Gasteiger partial charge in [0.2, 0.25) is 0 Å². The van der Waals surface area contributed by atoms with E-state index in [1.54, 1.807) is 4.90 Å². The van der Waals surface area contributed by atoms with Crippen molar-refractivity contribution >= 4 is 6.09 Å². The fraction of sp³-hybridized carbons (Fsp3) is 0.611. The summed E-state index contributed by atoms with van der Waals surface area (Å²) in [5.41, 5.74) is 0.637. The Labute approximate surface area is 138 Å². The maximum atomic E-state index is 12.2. The molecule has 128 valence electrons. The van der Waals surface area contributed by atoms with Gasteiger partial charge in [0, 0.05) is 0 Å². The number of ether oxygens (including phenoxy) is 3. The predicted octanol–water partition coefficient (Wildman–Crippen LogP) is 3.23. The van der Waals surface area contributed by atoms with Gasteiger partial charge in [0.1, 0.15) is 5.60 Å². The van der Waals surface area contributed by atoms with Gasteiger partial charge in [-0.3, -0.25) is 0 Å². The molecule has 2 atom stereocenters. The van der Waals surface area contributed by atoms with Gasteiger partial charge in [0.15, 0.2) is 0 Å². The van der Waals surface area contributed by atoms with Crippen molar-refractivity contribution in [1.29, 1.82) is 0 Å². The molecule has 1 aliphatic heterocycles. The first-order valence-electron chi connectivity index (χ1n) is 8.08. The molecule has 5 nitrogen and oxygen atoms in total. The van der Waals surface area contributed by atoms with Gasteiger partial charge in [-0.05, 0) is 33.3 Å². The van der Waals surface area contributed by atoms with E-state index in [0.29, 0.717) is 26.3 Å². The lowest BCUT2D eigenvalue weighted by molar-refractivity contribution is -0.108. The molecule has 1 amide bonds. The van der Waals surface area contributed by atoms with Crippen LogP contribution in [0.2, 0.25) is 0 Å². The second kappa shape index (κ2) is 7.79. The number of hydrogen-bond acceptors (Lipinski definition) is 4. The highest BCUT2D eigenvalue weighted by Crippen LogP contribution is 2.16. The monoisotopic (exact) mass is 321 g/mol. The number of rotatable bonds is 4. The summed E-state index contributed by atoms with van der Waals surface area (Å²) in [6.45, 7) is 9.61. The summed E-state index contributed by atoms with van der Waals surface area (Å²) in [5, 5.41) is 0. The van der Waals surface area contributed by atoms with E-state index in [9.17, 15) is 4.79 Å². The fourth-order valence-corrected chi connectivity index (χ4v) is 2.50. The Bertz CT molecular complexity index is 497. The Kier molecular flexibility index (Phi) is 6.02. The molecule has 1 heterocycles. The second-order valence-electron chi connectivity index (χ2n) is 6.95. The first-order chi connectivity index (χ1) is 10.8. The maximum Gasteiger partial charge on any atom is 0.410 e. The SMILES string of the molecule is C[C@H]1CN(C(=O)OC(C)(C)C)C[C@@H](COCc2ccccc2)O1. The van der Waals surface area contributed by atoms with Crippen molar-refractivity contribution in [2.75, 3.05) is 19.7 Å². The minimum Gasteiger partial charge on any atom is -0.444 e. The van der Waals surface area contributed by atoms with Crippen molar-refractivity contribution in [2.24, 2.45) is 0 Å². The lowest BCUT2D eigenvalue weighted by Gasteiger charge is -2.37. The molecule has 23 heavy (non-hydrogen) atoms. The van der Waals surface area contributed by atoms with E-state index in [0.717, 1.165) is 5.56 Å². The molecule has 0 unspecified atom stereocenters. The van der Waals surface area contributed by atoms with E-state index >= 15 is 0 Å². The molecular weight excluding hydrogens is 294 g/mol. The maximum absolute atomic E-state index is 12.2. The summed E-state index contributed by atoms with van der Waals surface area (Å²) in [4.78, 5) is 13.9. The Hall–Kier alpha value is -1.59. The van der Waals surface area contributed by atoms with Crippen molar-refractivity contribution in [3.05, 3.63) is 35.9 Å². The van der Waals surface area contributed by atoms with Gasteiger partial charge in [-0.25, -0.2) is 4.79 Å². The number of carbonyl (C=O) groups excluding carboxylic acids is 1. The number of amides is 1. The van der Waals surface area contributed by atoms with Crippen LogP contribution in [0.25, 0.3) is 0 Å². The summed E-state index contributed by atoms with van der Waals surface area (Å²) in [6, 6.07) is 10.0. The van der Waals surface area contributed by atoms with Gasteiger partial charge < -0.3 is 19.1 Å². The summed E-state index contributed by atoms with van der Waals surface area (Å²) >= 11 is 0. The number of hydrogen-bond donors (Lipinski definition) is 0. The van der Waals surface area contributed by atoms with Crippen LogP contribution in [-0.2, 0) is 20.8 Å². The zero-order valence-corrected chi connectivity index (χ0v) is 14.5. The topological polar surface area (TPSA) is 48.0 Å². The molecule has 1 fully saturated rings. The molecule has 1 aromatic rings. The first-order valence-corrected chi connectivity index (χ1v) is 8.08. The van der Waals surface area contributed by atoms with Crippen LogP contribution >= 0.6 is 0 Å². The lowest BCUT2D eigenvalue weighted by atomic mass is 10.2. The van der Waals surface area contributed by atoms with Crippen LogP contribution in [-0.4, -0.2) is 48.5 Å². The molecule has 0 spiro atoms. The van der Waals surface area contributed by atoms with E-state index in [-0.39, 0.29) is 18.3 Å². The number of benzene rings is 1. The third kappa shape index (κ3) is 6.20. The standard InChI is InChI=1S/C18H27NO4/c1-14-10-19(17(20)23-18(2,3)4)11-16(22-14)13-21-12-15-8-6-5-7-9-15/h5-9,14,16H,10-13H2,1-4H3/t14-,16-/m0/s1. The number of carbonyl (C=O) groups is 1. The molecule has 0 N–H and O–H groups in total. The van der Waals surface area contributed by atoms with E-state index in [4.69, 9.17) is 14.2 Å². The van der Waals surface area contributed by atoms with E-state index < -0.39 is 5.60 Å². The van der Waals surface area contributed by atoms with Crippen molar-refractivity contribution in [1.82, 2.24) is 4.90 Å². The van der Waals surface area contributed by atoms with E-state index in [2.05, 4.69) is 0 Å². The van der Waals surface area contributed by atoms with Gasteiger partial charge in [0.25, 0.3) is 0 Å². The molecule has 5 heteroatoms. The average molecular weight is 321 g/mol. The molecule has 0 saturated carbocycles. The van der Waals surface area contributed by atoms with Crippen LogP contribution in [0.4, 0.5) is 4.79 Å². The molecular formula is C18H27NO4. The molecule has 0 bridgehead atoms. The van der Waals surface area contributed by atoms with Gasteiger partial charge in [-0.15, -0.1) is 0 Å². The largest absolute Gasteiger partial charge is 0.444 e. The highest BCUT2D eigenvalue weighted by atomic mass is 16.6. The third-order valence-electron chi connectivity index (χ3n) is 3.39. The predicted molar refractivity (Wildman–Crippen MR) is 88.2 cm³/mol. The Morgan fingerprint density at radius 3 is 2.61 bits per heavy atom. The molecule has 2 rings (SSSR count). The molecule has 1 aromatic carbocycles. The summed E-state index contributed by atoms with van der Waals surface area (Å²) in [7, 11) is 0. The zero-order chi connectivity index (χ0) is 16.9.